The normalized spacial score (nSPS) is 11.1. The maximum atomic E-state index is 11.7. The lowest BCUT2D eigenvalue weighted by molar-refractivity contribution is -0.144. The number of ether oxygens (including phenoxy) is 3. The van der Waals surface area contributed by atoms with Crippen molar-refractivity contribution in [2.75, 3.05) is 14.2 Å². The molecule has 0 radical (unpaired) electrons. The second-order valence-corrected chi connectivity index (χ2v) is 4.04. The number of nitrogens with one attached hydrogen (secondary N) is 1. The van der Waals surface area contributed by atoms with E-state index in [0.29, 0.717) is 5.75 Å². The monoisotopic (exact) mass is 295 g/mol. The highest BCUT2D eigenvalue weighted by Crippen LogP contribution is 2.09. The van der Waals surface area contributed by atoms with Gasteiger partial charge in [0.05, 0.1) is 14.2 Å². The number of carbonyl (C=O) groups is 3. The van der Waals surface area contributed by atoms with Crippen molar-refractivity contribution >= 4 is 18.0 Å². The Morgan fingerprint density at radius 2 is 1.76 bits per heavy atom. The summed E-state index contributed by atoms with van der Waals surface area (Å²) >= 11 is 0. The minimum absolute atomic E-state index is 0.0259. The maximum absolute atomic E-state index is 11.7. The highest BCUT2D eigenvalue weighted by atomic mass is 16.6. The Labute approximate surface area is 122 Å². The number of rotatable bonds is 6. The van der Waals surface area contributed by atoms with E-state index in [1.54, 1.807) is 30.3 Å². The van der Waals surface area contributed by atoms with E-state index in [1.807, 2.05) is 0 Å². The molecule has 7 nitrogen and oxygen atoms in total. The lowest BCUT2D eigenvalue weighted by Gasteiger charge is -2.15. The van der Waals surface area contributed by atoms with Crippen LogP contribution in [0.4, 0.5) is 4.79 Å². The second kappa shape index (κ2) is 8.57. The molecule has 21 heavy (non-hydrogen) atoms. The molecule has 0 saturated heterocycles. The molecule has 0 aliphatic carbocycles. The van der Waals surface area contributed by atoms with Crippen molar-refractivity contribution in [3.05, 3.63) is 30.3 Å². The summed E-state index contributed by atoms with van der Waals surface area (Å²) in [6.07, 6.45) is -0.771. The van der Waals surface area contributed by atoms with Crippen LogP contribution >= 0.6 is 0 Å². The molecular weight excluding hydrogens is 278 g/mol. The summed E-state index contributed by atoms with van der Waals surface area (Å²) < 4.78 is 14.0. The first kappa shape index (κ1) is 16.5. The van der Waals surface area contributed by atoms with Gasteiger partial charge in [-0.15, -0.1) is 0 Å². The number of carbonyl (C=O) groups excluding carboxylic acids is 3. The highest BCUT2D eigenvalue weighted by molar-refractivity contribution is 5.82. The zero-order valence-corrected chi connectivity index (χ0v) is 11.8. The molecule has 1 N–H and O–H groups in total. The Morgan fingerprint density at radius 3 is 2.33 bits per heavy atom. The topological polar surface area (TPSA) is 90.9 Å². The highest BCUT2D eigenvalue weighted by Gasteiger charge is 2.23. The molecule has 0 fully saturated rings. The van der Waals surface area contributed by atoms with Gasteiger partial charge in [0.25, 0.3) is 0 Å². The molecule has 1 aromatic carbocycles. The predicted octanol–water partition coefficient (Wildman–Crippen LogP) is 1.27. The molecular formula is C14H17NO6. The molecule has 0 aromatic heterocycles. The van der Waals surface area contributed by atoms with Gasteiger partial charge in [-0.3, -0.25) is 4.79 Å². The van der Waals surface area contributed by atoms with Gasteiger partial charge in [0, 0.05) is 6.42 Å². The molecule has 0 heterocycles. The van der Waals surface area contributed by atoms with Crippen LogP contribution in [0, 0.1) is 0 Å². The van der Waals surface area contributed by atoms with Crippen molar-refractivity contribution in [1.82, 2.24) is 5.32 Å². The molecule has 1 unspecified atom stereocenters. The lowest BCUT2D eigenvalue weighted by Crippen LogP contribution is -2.43. The molecule has 0 spiro atoms. The molecule has 0 saturated carbocycles. The van der Waals surface area contributed by atoms with Crippen LogP contribution in [-0.4, -0.2) is 38.3 Å². The summed E-state index contributed by atoms with van der Waals surface area (Å²) in [5, 5.41) is 2.35. The quantitative estimate of drug-likeness (QED) is 0.795. The summed E-state index contributed by atoms with van der Waals surface area (Å²) in [7, 11) is 2.43. The number of methoxy groups -OCH3 is 2. The smallest absolute Gasteiger partial charge is 0.413 e. The van der Waals surface area contributed by atoms with Crippen LogP contribution in [0.5, 0.6) is 5.75 Å². The van der Waals surface area contributed by atoms with Gasteiger partial charge in [0.15, 0.2) is 0 Å². The fourth-order valence-corrected chi connectivity index (χ4v) is 1.52. The van der Waals surface area contributed by atoms with E-state index in [-0.39, 0.29) is 12.8 Å². The van der Waals surface area contributed by atoms with Crippen LogP contribution in [0.25, 0.3) is 0 Å². The first-order valence-corrected chi connectivity index (χ1v) is 6.25. The van der Waals surface area contributed by atoms with E-state index >= 15 is 0 Å². The van der Waals surface area contributed by atoms with Gasteiger partial charge in [0.1, 0.15) is 11.8 Å². The molecule has 0 bridgehead atoms. The van der Waals surface area contributed by atoms with E-state index in [4.69, 9.17) is 4.74 Å². The first-order chi connectivity index (χ1) is 10.1. The van der Waals surface area contributed by atoms with Crippen LogP contribution in [-0.2, 0) is 19.1 Å². The van der Waals surface area contributed by atoms with Crippen molar-refractivity contribution in [2.45, 2.75) is 18.9 Å². The molecule has 1 rings (SSSR count). The zero-order chi connectivity index (χ0) is 15.7. The summed E-state index contributed by atoms with van der Waals surface area (Å²) in [6, 6.07) is 7.40. The van der Waals surface area contributed by atoms with Crippen molar-refractivity contribution < 1.29 is 28.6 Å². The molecule has 1 amide bonds. The number of para-hydroxylation sites is 1. The molecule has 114 valence electrons. The Morgan fingerprint density at radius 1 is 1.10 bits per heavy atom. The summed E-state index contributed by atoms with van der Waals surface area (Å²) in [5.74, 6) is -0.808. The number of amides is 1. The van der Waals surface area contributed by atoms with Gasteiger partial charge >= 0.3 is 18.0 Å². The van der Waals surface area contributed by atoms with Gasteiger partial charge in [-0.1, -0.05) is 18.2 Å². The number of esters is 2. The average Bonchev–Trinajstić information content (AvgIpc) is 2.51. The summed E-state index contributed by atoms with van der Waals surface area (Å²) in [5.41, 5.74) is 0. The number of hydrogen-bond donors (Lipinski definition) is 1. The van der Waals surface area contributed by atoms with Gasteiger partial charge in [-0.2, -0.15) is 0 Å². The van der Waals surface area contributed by atoms with Crippen LogP contribution < -0.4 is 10.1 Å². The SMILES string of the molecule is COC(=O)CCC(NC(=O)Oc1ccccc1)C(=O)OC. The standard InChI is InChI=1S/C14H17NO6/c1-19-12(16)9-8-11(13(17)20-2)15-14(18)21-10-6-4-3-5-7-10/h3-7,11H,8-9H2,1-2H3,(H,15,18). The van der Waals surface area contributed by atoms with Crippen LogP contribution in [0.2, 0.25) is 0 Å². The number of benzene rings is 1. The Balaban J connectivity index is 2.57. The Hall–Kier alpha value is -2.57. The van der Waals surface area contributed by atoms with E-state index in [1.165, 1.54) is 14.2 Å². The van der Waals surface area contributed by atoms with E-state index < -0.39 is 24.1 Å². The third-order valence-electron chi connectivity index (χ3n) is 2.60. The van der Waals surface area contributed by atoms with Gasteiger partial charge in [0.2, 0.25) is 0 Å². The van der Waals surface area contributed by atoms with E-state index in [9.17, 15) is 14.4 Å². The zero-order valence-electron chi connectivity index (χ0n) is 11.8. The van der Waals surface area contributed by atoms with Crippen molar-refractivity contribution in [1.29, 1.82) is 0 Å². The van der Waals surface area contributed by atoms with Crippen LogP contribution in [0.3, 0.4) is 0 Å². The fourth-order valence-electron chi connectivity index (χ4n) is 1.52. The molecule has 0 aliphatic heterocycles. The van der Waals surface area contributed by atoms with E-state index in [2.05, 4.69) is 14.8 Å². The number of hydrogen-bond acceptors (Lipinski definition) is 6. The van der Waals surface area contributed by atoms with Crippen LogP contribution in [0.15, 0.2) is 30.3 Å². The second-order valence-electron chi connectivity index (χ2n) is 4.04. The third-order valence-corrected chi connectivity index (χ3v) is 2.60. The summed E-state index contributed by atoms with van der Waals surface area (Å²) in [6.45, 7) is 0. The summed E-state index contributed by atoms with van der Waals surface area (Å²) in [4.78, 5) is 34.3. The van der Waals surface area contributed by atoms with Gasteiger partial charge in [-0.05, 0) is 18.6 Å². The van der Waals surface area contributed by atoms with Gasteiger partial charge < -0.3 is 19.5 Å². The van der Waals surface area contributed by atoms with Crippen LogP contribution in [0.1, 0.15) is 12.8 Å². The lowest BCUT2D eigenvalue weighted by atomic mass is 10.1. The molecule has 1 atom stereocenters. The largest absolute Gasteiger partial charge is 0.469 e. The average molecular weight is 295 g/mol. The Kier molecular flexibility index (Phi) is 6.73. The third kappa shape index (κ3) is 5.94. The van der Waals surface area contributed by atoms with Crippen molar-refractivity contribution in [3.8, 4) is 5.75 Å². The van der Waals surface area contributed by atoms with E-state index in [0.717, 1.165) is 0 Å². The minimum atomic E-state index is -0.981. The van der Waals surface area contributed by atoms with Gasteiger partial charge in [-0.25, -0.2) is 9.59 Å². The molecule has 0 aliphatic rings. The first-order valence-electron chi connectivity index (χ1n) is 6.25. The fraction of sp³-hybridized carbons (Fsp3) is 0.357. The predicted molar refractivity (Wildman–Crippen MR) is 72.7 cm³/mol. The van der Waals surface area contributed by atoms with Crippen molar-refractivity contribution in [2.24, 2.45) is 0 Å². The Bertz CT molecular complexity index is 487. The molecule has 7 heteroatoms. The maximum Gasteiger partial charge on any atom is 0.413 e. The van der Waals surface area contributed by atoms with Crippen molar-refractivity contribution in [3.63, 3.8) is 0 Å². The molecule has 1 aromatic rings. The minimum Gasteiger partial charge on any atom is -0.469 e.